The van der Waals surface area contributed by atoms with Crippen LogP contribution >= 0.6 is 0 Å². The molecule has 1 heterocycles. The van der Waals surface area contributed by atoms with Crippen LogP contribution in [0, 0.1) is 0 Å². The van der Waals surface area contributed by atoms with E-state index in [-0.39, 0.29) is 5.91 Å². The quantitative estimate of drug-likeness (QED) is 0.573. The number of carbonyl (C=O) groups excluding carboxylic acids is 2. The number of ether oxygens (including phenoxy) is 1. The van der Waals surface area contributed by atoms with E-state index in [0.717, 1.165) is 6.42 Å². The standard InChI is InChI=1S/C12H13NO3/c14-8-10-11(16-10)12(15)13-7-6-9-4-2-1-3-5-9/h1-5,8,10-11H,6-7H2,(H,13,15). The maximum atomic E-state index is 11.4. The van der Waals surface area contributed by atoms with Gasteiger partial charge in [-0.3, -0.25) is 4.79 Å². The summed E-state index contributed by atoms with van der Waals surface area (Å²) >= 11 is 0. The molecule has 1 N–H and O–H groups in total. The fraction of sp³-hybridized carbons (Fsp3) is 0.333. The summed E-state index contributed by atoms with van der Waals surface area (Å²) in [5, 5.41) is 2.73. The largest absolute Gasteiger partial charge is 0.353 e. The summed E-state index contributed by atoms with van der Waals surface area (Å²) in [5.41, 5.74) is 1.17. The minimum absolute atomic E-state index is 0.201. The molecule has 84 valence electrons. The van der Waals surface area contributed by atoms with E-state index in [9.17, 15) is 9.59 Å². The van der Waals surface area contributed by atoms with E-state index in [0.29, 0.717) is 12.8 Å². The molecule has 1 aromatic carbocycles. The normalized spacial score (nSPS) is 22.5. The molecule has 1 fully saturated rings. The Morgan fingerprint density at radius 2 is 2.12 bits per heavy atom. The number of amides is 1. The van der Waals surface area contributed by atoms with Crippen LogP contribution in [0.3, 0.4) is 0 Å². The van der Waals surface area contributed by atoms with Crippen molar-refractivity contribution in [3.63, 3.8) is 0 Å². The Labute approximate surface area is 93.6 Å². The fourth-order valence-corrected chi connectivity index (χ4v) is 1.51. The lowest BCUT2D eigenvalue weighted by Gasteiger charge is -2.02. The van der Waals surface area contributed by atoms with Gasteiger partial charge in [-0.1, -0.05) is 30.3 Å². The van der Waals surface area contributed by atoms with E-state index in [1.54, 1.807) is 0 Å². The van der Waals surface area contributed by atoms with Gasteiger partial charge in [0.1, 0.15) is 6.10 Å². The van der Waals surface area contributed by atoms with E-state index < -0.39 is 12.2 Å². The van der Waals surface area contributed by atoms with Crippen molar-refractivity contribution < 1.29 is 14.3 Å². The highest BCUT2D eigenvalue weighted by molar-refractivity contribution is 5.88. The van der Waals surface area contributed by atoms with E-state index in [4.69, 9.17) is 4.74 Å². The number of nitrogens with one attached hydrogen (secondary N) is 1. The van der Waals surface area contributed by atoms with Crippen molar-refractivity contribution in [1.82, 2.24) is 5.32 Å². The zero-order chi connectivity index (χ0) is 11.4. The van der Waals surface area contributed by atoms with Crippen LogP contribution in [0.15, 0.2) is 30.3 Å². The Bertz CT molecular complexity index is 377. The van der Waals surface area contributed by atoms with E-state index in [1.165, 1.54) is 5.56 Å². The van der Waals surface area contributed by atoms with E-state index >= 15 is 0 Å². The van der Waals surface area contributed by atoms with Gasteiger partial charge in [0.05, 0.1) is 0 Å². The van der Waals surface area contributed by atoms with Gasteiger partial charge in [0, 0.05) is 6.54 Å². The zero-order valence-electron chi connectivity index (χ0n) is 8.76. The van der Waals surface area contributed by atoms with Gasteiger partial charge in [0.15, 0.2) is 12.4 Å². The molecule has 1 aliphatic heterocycles. The Kier molecular flexibility index (Phi) is 3.31. The van der Waals surface area contributed by atoms with Gasteiger partial charge in [-0.15, -0.1) is 0 Å². The molecule has 4 heteroatoms. The monoisotopic (exact) mass is 219 g/mol. The van der Waals surface area contributed by atoms with Crippen molar-refractivity contribution in [3.8, 4) is 0 Å². The molecule has 0 spiro atoms. The minimum atomic E-state index is -0.562. The Hall–Kier alpha value is -1.68. The third-order valence-corrected chi connectivity index (χ3v) is 2.47. The zero-order valence-corrected chi connectivity index (χ0v) is 8.76. The molecule has 1 amide bonds. The SMILES string of the molecule is O=CC1OC1C(=O)NCCc1ccccc1. The van der Waals surface area contributed by atoms with E-state index in [1.807, 2.05) is 30.3 Å². The molecule has 0 bridgehead atoms. The van der Waals surface area contributed by atoms with E-state index in [2.05, 4.69) is 5.32 Å². The fourth-order valence-electron chi connectivity index (χ4n) is 1.51. The lowest BCUT2D eigenvalue weighted by molar-refractivity contribution is -0.122. The van der Waals surface area contributed by atoms with Crippen LogP contribution in [-0.2, 0) is 20.7 Å². The van der Waals surface area contributed by atoms with Crippen LogP contribution in [0.5, 0.6) is 0 Å². The van der Waals surface area contributed by atoms with Gasteiger partial charge >= 0.3 is 0 Å². The predicted molar refractivity (Wildman–Crippen MR) is 57.9 cm³/mol. The molecule has 2 atom stereocenters. The lowest BCUT2D eigenvalue weighted by atomic mass is 10.1. The van der Waals surface area contributed by atoms with Crippen molar-refractivity contribution in [2.24, 2.45) is 0 Å². The summed E-state index contributed by atoms with van der Waals surface area (Å²) in [7, 11) is 0. The second kappa shape index (κ2) is 4.90. The van der Waals surface area contributed by atoms with Gasteiger partial charge in [0.2, 0.25) is 0 Å². The Morgan fingerprint density at radius 3 is 2.75 bits per heavy atom. The molecule has 4 nitrogen and oxygen atoms in total. The first-order chi connectivity index (χ1) is 7.81. The number of carbonyl (C=O) groups is 2. The molecular weight excluding hydrogens is 206 g/mol. The highest BCUT2D eigenvalue weighted by Gasteiger charge is 2.44. The summed E-state index contributed by atoms with van der Waals surface area (Å²) in [5.74, 6) is -0.201. The van der Waals surface area contributed by atoms with Crippen molar-refractivity contribution in [3.05, 3.63) is 35.9 Å². The van der Waals surface area contributed by atoms with Crippen molar-refractivity contribution in [1.29, 1.82) is 0 Å². The second-order valence-electron chi connectivity index (χ2n) is 3.68. The topological polar surface area (TPSA) is 58.7 Å². The minimum Gasteiger partial charge on any atom is -0.353 e. The first-order valence-corrected chi connectivity index (χ1v) is 5.23. The molecule has 16 heavy (non-hydrogen) atoms. The molecule has 0 saturated carbocycles. The number of hydrogen-bond donors (Lipinski definition) is 1. The van der Waals surface area contributed by atoms with Crippen LogP contribution in [0.2, 0.25) is 0 Å². The molecule has 0 aliphatic carbocycles. The van der Waals surface area contributed by atoms with Crippen LogP contribution < -0.4 is 5.32 Å². The lowest BCUT2D eigenvalue weighted by Crippen LogP contribution is -2.30. The number of aldehydes is 1. The number of epoxide rings is 1. The van der Waals surface area contributed by atoms with Crippen LogP contribution in [0.1, 0.15) is 5.56 Å². The summed E-state index contributed by atoms with van der Waals surface area (Å²) in [6.45, 7) is 0.564. The second-order valence-corrected chi connectivity index (χ2v) is 3.68. The number of hydrogen-bond acceptors (Lipinski definition) is 3. The van der Waals surface area contributed by atoms with Gasteiger partial charge < -0.3 is 14.8 Å². The van der Waals surface area contributed by atoms with Gasteiger partial charge in [-0.2, -0.15) is 0 Å². The molecule has 0 aromatic heterocycles. The van der Waals surface area contributed by atoms with Crippen LogP contribution in [0.25, 0.3) is 0 Å². The molecule has 1 saturated heterocycles. The number of benzene rings is 1. The van der Waals surface area contributed by atoms with Crippen LogP contribution in [-0.4, -0.2) is 30.9 Å². The van der Waals surface area contributed by atoms with Gasteiger partial charge in [-0.05, 0) is 12.0 Å². The highest BCUT2D eigenvalue weighted by Crippen LogP contribution is 2.19. The third kappa shape index (κ3) is 2.67. The van der Waals surface area contributed by atoms with Crippen molar-refractivity contribution in [2.75, 3.05) is 6.54 Å². The van der Waals surface area contributed by atoms with Gasteiger partial charge in [0.25, 0.3) is 5.91 Å². The number of rotatable bonds is 5. The van der Waals surface area contributed by atoms with Crippen LogP contribution in [0.4, 0.5) is 0 Å². The third-order valence-electron chi connectivity index (χ3n) is 2.47. The molecule has 1 aliphatic rings. The molecule has 0 radical (unpaired) electrons. The highest BCUT2D eigenvalue weighted by atomic mass is 16.6. The summed E-state index contributed by atoms with van der Waals surface area (Å²) < 4.78 is 4.85. The molecule has 2 unspecified atom stereocenters. The maximum Gasteiger partial charge on any atom is 0.252 e. The van der Waals surface area contributed by atoms with Gasteiger partial charge in [-0.25, -0.2) is 0 Å². The summed E-state index contributed by atoms with van der Waals surface area (Å²) in [6, 6.07) is 9.89. The summed E-state index contributed by atoms with van der Waals surface area (Å²) in [4.78, 5) is 21.6. The molecule has 1 aromatic rings. The Morgan fingerprint density at radius 1 is 1.38 bits per heavy atom. The average Bonchev–Trinajstić information content (AvgIpc) is 3.09. The molecular formula is C12H13NO3. The smallest absolute Gasteiger partial charge is 0.252 e. The first kappa shape index (κ1) is 10.8. The molecule has 2 rings (SSSR count). The van der Waals surface area contributed by atoms with Crippen molar-refractivity contribution >= 4 is 12.2 Å². The predicted octanol–water partition coefficient (Wildman–Crippen LogP) is 0.312. The maximum absolute atomic E-state index is 11.4. The summed E-state index contributed by atoms with van der Waals surface area (Å²) in [6.07, 6.45) is 0.344. The Balaban J connectivity index is 1.69. The average molecular weight is 219 g/mol. The van der Waals surface area contributed by atoms with Crippen molar-refractivity contribution in [2.45, 2.75) is 18.6 Å². The first-order valence-electron chi connectivity index (χ1n) is 5.23.